The Balaban J connectivity index is 1.93. The highest BCUT2D eigenvalue weighted by molar-refractivity contribution is 6.01. The van der Waals surface area contributed by atoms with Crippen LogP contribution in [-0.4, -0.2) is 24.1 Å². The van der Waals surface area contributed by atoms with E-state index in [-0.39, 0.29) is 17.2 Å². The molecular weight excluding hydrogens is 471 g/mol. The number of benzene rings is 1. The molecule has 3 rings (SSSR count). The maximum atomic E-state index is 13.5. The van der Waals surface area contributed by atoms with Gasteiger partial charge in [0.05, 0.1) is 17.5 Å². The van der Waals surface area contributed by atoms with E-state index in [1.807, 2.05) is 6.07 Å². The van der Waals surface area contributed by atoms with Gasteiger partial charge in [0, 0.05) is 17.2 Å². The van der Waals surface area contributed by atoms with Gasteiger partial charge in [0.2, 0.25) is 0 Å². The van der Waals surface area contributed by atoms with Crippen molar-refractivity contribution in [2.75, 3.05) is 0 Å². The lowest BCUT2D eigenvalue weighted by atomic mass is 9.96. The van der Waals surface area contributed by atoms with Crippen LogP contribution in [0.3, 0.4) is 0 Å². The van der Waals surface area contributed by atoms with Gasteiger partial charge in [0.25, 0.3) is 17.8 Å². The summed E-state index contributed by atoms with van der Waals surface area (Å²) in [5.74, 6) is -1.21. The topological polar surface area (TPSA) is 118 Å². The number of allylic oxidation sites excluding steroid dienone is 1. The monoisotopic (exact) mass is 491 g/mol. The summed E-state index contributed by atoms with van der Waals surface area (Å²) in [6.45, 7) is 1.47. The Labute approximate surface area is 196 Å². The van der Waals surface area contributed by atoms with Gasteiger partial charge in [-0.3, -0.25) is 4.79 Å². The summed E-state index contributed by atoms with van der Waals surface area (Å²) in [7, 11) is 0. The number of carbonyl (C=O) groups excluding carboxylic acids is 1. The SMILES string of the molecule is CC(NC(=O)c1cc(C(=C(F)F)C2CC2)cc(C(F)(F)F)c1)C(N=CN)=Nc1ccc(C#N)c[nH+]1. The number of aromatic nitrogens is 1. The molecule has 7 nitrogen and oxygen atoms in total. The number of rotatable bonds is 6. The van der Waals surface area contributed by atoms with Crippen LogP contribution in [-0.2, 0) is 6.18 Å². The highest BCUT2D eigenvalue weighted by Crippen LogP contribution is 2.45. The fraction of sp³-hybridized carbons (Fsp3) is 0.261. The first kappa shape index (κ1) is 25.5. The zero-order chi connectivity index (χ0) is 25.8. The summed E-state index contributed by atoms with van der Waals surface area (Å²) in [6.07, 6.45) is -3.73. The van der Waals surface area contributed by atoms with Gasteiger partial charge in [-0.25, -0.2) is 4.98 Å². The molecule has 182 valence electrons. The highest BCUT2D eigenvalue weighted by Gasteiger charge is 2.35. The molecule has 0 bridgehead atoms. The van der Waals surface area contributed by atoms with Crippen molar-refractivity contribution < 1.29 is 31.7 Å². The number of H-pyrrole nitrogens is 1. The number of nitrogens with zero attached hydrogens (tertiary/aromatic N) is 3. The summed E-state index contributed by atoms with van der Waals surface area (Å²) < 4.78 is 67.5. The lowest BCUT2D eigenvalue weighted by Gasteiger charge is -2.15. The maximum Gasteiger partial charge on any atom is 0.416 e. The van der Waals surface area contributed by atoms with Crippen LogP contribution in [0.25, 0.3) is 5.57 Å². The van der Waals surface area contributed by atoms with E-state index in [1.165, 1.54) is 25.3 Å². The Morgan fingerprint density at radius 2 is 1.94 bits per heavy atom. The molecule has 1 atom stereocenters. The molecule has 0 aliphatic heterocycles. The first-order chi connectivity index (χ1) is 16.5. The van der Waals surface area contributed by atoms with Crippen molar-refractivity contribution in [3.8, 4) is 6.07 Å². The Morgan fingerprint density at radius 1 is 1.26 bits per heavy atom. The summed E-state index contributed by atoms with van der Waals surface area (Å²) in [5.41, 5.74) is 3.21. The molecule has 1 saturated carbocycles. The number of halogens is 5. The molecule has 1 aromatic heterocycles. The van der Waals surface area contributed by atoms with E-state index in [1.54, 1.807) is 0 Å². The molecule has 35 heavy (non-hydrogen) atoms. The normalized spacial score (nSPS) is 14.9. The molecule has 0 radical (unpaired) electrons. The van der Waals surface area contributed by atoms with E-state index in [0.29, 0.717) is 30.5 Å². The number of nitrogens with one attached hydrogen (secondary N) is 2. The first-order valence-electron chi connectivity index (χ1n) is 10.4. The minimum Gasteiger partial charge on any atom is -0.390 e. The van der Waals surface area contributed by atoms with E-state index < -0.39 is 46.8 Å². The van der Waals surface area contributed by atoms with Crippen LogP contribution < -0.4 is 16.0 Å². The van der Waals surface area contributed by atoms with Gasteiger partial charge in [-0.2, -0.15) is 32.2 Å². The Hall–Kier alpha value is -4.14. The molecule has 1 aromatic carbocycles. The van der Waals surface area contributed by atoms with Crippen LogP contribution in [0.5, 0.6) is 0 Å². The molecular formula is C23H20F5N6O+. The molecule has 1 amide bonds. The minimum atomic E-state index is -4.85. The van der Waals surface area contributed by atoms with E-state index >= 15 is 0 Å². The third kappa shape index (κ3) is 6.47. The van der Waals surface area contributed by atoms with Gasteiger partial charge < -0.3 is 11.1 Å². The summed E-state index contributed by atoms with van der Waals surface area (Å²) in [4.78, 5) is 23.7. The molecule has 4 N–H and O–H groups in total. The fourth-order valence-corrected chi connectivity index (χ4v) is 3.29. The second kappa shape index (κ2) is 10.4. The molecule has 1 fully saturated rings. The van der Waals surface area contributed by atoms with Crippen molar-refractivity contribution in [1.29, 1.82) is 5.26 Å². The van der Waals surface area contributed by atoms with Crippen LogP contribution in [0.1, 0.15) is 46.8 Å². The third-order valence-electron chi connectivity index (χ3n) is 5.12. The summed E-state index contributed by atoms with van der Waals surface area (Å²) in [5, 5.41) is 11.3. The van der Waals surface area contributed by atoms with Gasteiger partial charge in [0.1, 0.15) is 18.3 Å². The number of pyridine rings is 1. The molecule has 1 aliphatic carbocycles. The van der Waals surface area contributed by atoms with Crippen molar-refractivity contribution in [3.63, 3.8) is 0 Å². The minimum absolute atomic E-state index is 0.00220. The Kier molecular flexibility index (Phi) is 7.58. The van der Waals surface area contributed by atoms with Crippen molar-refractivity contribution in [3.05, 3.63) is 64.9 Å². The van der Waals surface area contributed by atoms with Gasteiger partial charge in [-0.15, -0.1) is 0 Å². The number of carbonyl (C=O) groups is 1. The third-order valence-corrected chi connectivity index (χ3v) is 5.12. The lowest BCUT2D eigenvalue weighted by molar-refractivity contribution is -0.362. The first-order valence-corrected chi connectivity index (χ1v) is 10.4. The van der Waals surface area contributed by atoms with Gasteiger partial charge >= 0.3 is 12.0 Å². The fourth-order valence-electron chi connectivity index (χ4n) is 3.29. The van der Waals surface area contributed by atoms with Gasteiger partial charge in [0.15, 0.2) is 0 Å². The molecule has 1 heterocycles. The summed E-state index contributed by atoms with van der Waals surface area (Å²) in [6, 6.07) is 6.21. The molecule has 1 aliphatic rings. The Morgan fingerprint density at radius 3 is 2.46 bits per heavy atom. The molecule has 0 saturated heterocycles. The van der Waals surface area contributed by atoms with Crippen LogP contribution in [0.2, 0.25) is 0 Å². The number of hydrogen-bond acceptors (Lipinski definition) is 3. The average Bonchev–Trinajstić information content (AvgIpc) is 3.63. The van der Waals surface area contributed by atoms with E-state index in [9.17, 15) is 26.7 Å². The number of hydrogen-bond donors (Lipinski definition) is 2. The smallest absolute Gasteiger partial charge is 0.390 e. The van der Waals surface area contributed by atoms with Crippen molar-refractivity contribution >= 4 is 29.5 Å². The standard InChI is InChI=1S/C23H19F5N6O/c1-12(21(32-11-30)34-18-5-2-13(9-29)10-31-18)33-22(35)16-6-15(7-17(8-16)23(26,27)28)19(20(24)25)14-3-4-14/h2,5-8,10-12,14H,3-4H2,1H3,(H,33,35)(H2,30,31,32,34)/p+1. The lowest BCUT2D eigenvalue weighted by Crippen LogP contribution is -2.38. The van der Waals surface area contributed by atoms with Crippen LogP contribution in [0.4, 0.5) is 27.8 Å². The zero-order valence-electron chi connectivity index (χ0n) is 18.3. The van der Waals surface area contributed by atoms with Crippen molar-refractivity contribution in [1.82, 2.24) is 5.32 Å². The van der Waals surface area contributed by atoms with Gasteiger partial charge in [-0.05, 0) is 60.5 Å². The largest absolute Gasteiger partial charge is 0.416 e. The second-order valence-corrected chi connectivity index (χ2v) is 7.76. The molecule has 12 heteroatoms. The second-order valence-electron chi connectivity index (χ2n) is 7.76. The van der Waals surface area contributed by atoms with Crippen molar-refractivity contribution in [2.24, 2.45) is 21.6 Å². The number of aliphatic imine (C=N–C) groups is 2. The Bertz CT molecular complexity index is 1240. The number of amidine groups is 1. The zero-order valence-corrected chi connectivity index (χ0v) is 18.3. The predicted molar refractivity (Wildman–Crippen MR) is 118 cm³/mol. The highest BCUT2D eigenvalue weighted by atomic mass is 19.4. The maximum absolute atomic E-state index is 13.5. The number of amides is 1. The number of nitriles is 1. The quantitative estimate of drug-likeness (QED) is 0.357. The number of alkyl halides is 3. The number of nitrogens with two attached hydrogens (primary N) is 1. The predicted octanol–water partition coefficient (Wildman–Crippen LogP) is 4.24. The number of aromatic amines is 1. The van der Waals surface area contributed by atoms with Crippen LogP contribution in [0, 0.1) is 17.2 Å². The van der Waals surface area contributed by atoms with E-state index in [0.717, 1.165) is 12.4 Å². The van der Waals surface area contributed by atoms with E-state index in [2.05, 4.69) is 20.3 Å². The van der Waals surface area contributed by atoms with E-state index in [4.69, 9.17) is 11.0 Å². The molecule has 1 unspecified atom stereocenters. The van der Waals surface area contributed by atoms with Gasteiger partial charge in [-0.1, -0.05) is 0 Å². The molecule has 2 aromatic rings. The van der Waals surface area contributed by atoms with Crippen LogP contribution >= 0.6 is 0 Å². The average molecular weight is 491 g/mol. The van der Waals surface area contributed by atoms with Crippen molar-refractivity contribution in [2.45, 2.75) is 32.0 Å². The summed E-state index contributed by atoms with van der Waals surface area (Å²) >= 11 is 0. The van der Waals surface area contributed by atoms with Crippen LogP contribution in [0.15, 0.2) is 52.6 Å². The molecule has 0 spiro atoms.